The molecule has 0 spiro atoms. The lowest BCUT2D eigenvalue weighted by Crippen LogP contribution is -2.66. The number of nitrogens with one attached hydrogen (secondary N) is 1. The average Bonchev–Trinajstić information content (AvgIpc) is 3.40. The zero-order chi connectivity index (χ0) is 23.6. The Kier molecular flexibility index (Phi) is 6.68. The summed E-state index contributed by atoms with van der Waals surface area (Å²) in [5.74, 6) is -0.425. The molecule has 0 radical (unpaired) electrons. The maximum Gasteiger partial charge on any atom is 0.344 e. The Morgan fingerprint density at radius 1 is 1.15 bits per heavy atom. The summed E-state index contributed by atoms with van der Waals surface area (Å²) in [4.78, 5) is 35.0. The molecule has 4 fully saturated rings. The molecule has 34 heavy (non-hydrogen) atoms. The number of anilines is 1. The number of amides is 1. The van der Waals surface area contributed by atoms with Crippen LogP contribution < -0.4 is 5.32 Å². The molecule has 4 aliphatic rings. The number of aliphatic hydroxyl groups is 1. The van der Waals surface area contributed by atoms with Gasteiger partial charge in [-0.3, -0.25) is 4.79 Å². The molecular formula is C25H33N4O4S+. The molecule has 182 valence electrons. The summed E-state index contributed by atoms with van der Waals surface area (Å²) in [6, 6.07) is 3.73. The van der Waals surface area contributed by atoms with Crippen molar-refractivity contribution in [1.29, 1.82) is 0 Å². The number of piperidine rings is 3. The van der Waals surface area contributed by atoms with Gasteiger partial charge in [0, 0.05) is 29.6 Å². The predicted octanol–water partition coefficient (Wildman–Crippen LogP) is 3.10. The zero-order valence-corrected chi connectivity index (χ0v) is 20.2. The highest BCUT2D eigenvalue weighted by Crippen LogP contribution is 2.43. The van der Waals surface area contributed by atoms with Crippen molar-refractivity contribution in [3.8, 4) is 0 Å². The van der Waals surface area contributed by atoms with Gasteiger partial charge in [-0.05, 0) is 24.3 Å². The Morgan fingerprint density at radius 2 is 1.88 bits per heavy atom. The molecule has 6 rings (SSSR count). The third kappa shape index (κ3) is 4.61. The zero-order valence-electron chi connectivity index (χ0n) is 19.4. The second-order valence-electron chi connectivity index (χ2n) is 10.2. The van der Waals surface area contributed by atoms with Crippen LogP contribution in [0.4, 0.5) is 5.69 Å². The van der Waals surface area contributed by atoms with Crippen LogP contribution in [0.15, 0.2) is 36.2 Å². The summed E-state index contributed by atoms with van der Waals surface area (Å²) >= 11 is 1.42. The van der Waals surface area contributed by atoms with Crippen molar-refractivity contribution in [3.05, 3.63) is 41.1 Å². The molecule has 1 amide bonds. The summed E-state index contributed by atoms with van der Waals surface area (Å²) in [5.41, 5.74) is -1.01. The van der Waals surface area contributed by atoms with E-state index in [4.69, 9.17) is 4.74 Å². The van der Waals surface area contributed by atoms with E-state index in [1.54, 1.807) is 12.4 Å². The van der Waals surface area contributed by atoms with Crippen molar-refractivity contribution in [2.75, 3.05) is 31.5 Å². The quantitative estimate of drug-likeness (QED) is 0.462. The molecule has 1 aliphatic carbocycles. The highest BCUT2D eigenvalue weighted by molar-refractivity contribution is 7.10. The Hall–Kier alpha value is -2.36. The third-order valence-corrected chi connectivity index (χ3v) is 9.02. The Labute approximate surface area is 204 Å². The molecular weight excluding hydrogens is 452 g/mol. The normalized spacial score (nSPS) is 28.7. The van der Waals surface area contributed by atoms with Gasteiger partial charge in [-0.25, -0.2) is 14.8 Å². The van der Waals surface area contributed by atoms with Gasteiger partial charge >= 0.3 is 5.97 Å². The number of hydrogen-bond acceptors (Lipinski definition) is 7. The lowest BCUT2D eigenvalue weighted by atomic mass is 9.75. The first kappa shape index (κ1) is 23.4. The molecule has 3 saturated heterocycles. The maximum absolute atomic E-state index is 13.6. The number of ether oxygens (including phenoxy) is 1. The number of rotatable bonds is 7. The van der Waals surface area contributed by atoms with Gasteiger partial charge in [0.2, 0.25) is 0 Å². The van der Waals surface area contributed by atoms with Gasteiger partial charge in [-0.2, -0.15) is 0 Å². The van der Waals surface area contributed by atoms with Crippen LogP contribution in [-0.4, -0.2) is 63.7 Å². The number of nitrogens with zero attached hydrogens (tertiary/aromatic N) is 3. The van der Waals surface area contributed by atoms with Gasteiger partial charge in [0.1, 0.15) is 12.9 Å². The predicted molar refractivity (Wildman–Crippen MR) is 128 cm³/mol. The van der Waals surface area contributed by atoms with E-state index in [1.807, 2.05) is 17.5 Å². The highest BCUT2D eigenvalue weighted by atomic mass is 32.1. The second kappa shape index (κ2) is 9.71. The fourth-order valence-corrected chi connectivity index (χ4v) is 7.05. The molecule has 8 nitrogen and oxygen atoms in total. The van der Waals surface area contributed by atoms with Gasteiger partial charge < -0.3 is 19.6 Å². The summed E-state index contributed by atoms with van der Waals surface area (Å²) in [7, 11) is 0. The van der Waals surface area contributed by atoms with E-state index < -0.39 is 11.6 Å². The van der Waals surface area contributed by atoms with Crippen LogP contribution in [0.1, 0.15) is 49.8 Å². The first-order valence-electron chi connectivity index (χ1n) is 12.4. The van der Waals surface area contributed by atoms with Gasteiger partial charge in [-0.1, -0.05) is 25.3 Å². The Bertz CT molecular complexity index is 988. The fraction of sp³-hybridized carbons (Fsp3) is 0.600. The van der Waals surface area contributed by atoms with Crippen LogP contribution in [-0.2, 0) is 19.9 Å². The van der Waals surface area contributed by atoms with E-state index in [0.717, 1.165) is 58.0 Å². The van der Waals surface area contributed by atoms with Crippen LogP contribution in [0.3, 0.4) is 0 Å². The molecule has 2 N–H and O–H groups in total. The minimum absolute atomic E-state index is 0.0856. The first-order chi connectivity index (χ1) is 16.5. The molecule has 0 aromatic carbocycles. The van der Waals surface area contributed by atoms with E-state index in [2.05, 4.69) is 15.3 Å². The number of quaternary nitrogens is 1. The molecule has 2 aromatic heterocycles. The number of esters is 1. The summed E-state index contributed by atoms with van der Waals surface area (Å²) in [6.07, 6.45) is 11.0. The molecule has 2 atom stereocenters. The smallest absolute Gasteiger partial charge is 0.344 e. The van der Waals surface area contributed by atoms with Crippen LogP contribution in [0.25, 0.3) is 0 Å². The fourth-order valence-electron chi connectivity index (χ4n) is 6.16. The minimum Gasteiger partial charge on any atom is -0.454 e. The van der Waals surface area contributed by atoms with Crippen LogP contribution in [0.5, 0.6) is 0 Å². The average molecular weight is 486 g/mol. The van der Waals surface area contributed by atoms with Crippen LogP contribution in [0, 0.1) is 11.8 Å². The standard InChI is InChI=1S/C25H32N4O4S/c30-23(28-20-13-26-17-27-14-20)16-29-10-8-18(9-11-29)21(15-29)33-24(31)25(32,22-7-4-12-34-22)19-5-2-1-3-6-19/h4,7,12-14,17-19,21,32H,1-3,5-6,8-11,15-16H2/p+1/t18?,21-,25?,29?/m0/s1. The molecule has 3 aliphatic heterocycles. The number of hydrogen-bond donors (Lipinski definition) is 2. The lowest BCUT2D eigenvalue weighted by molar-refractivity contribution is -0.939. The van der Waals surface area contributed by atoms with Gasteiger partial charge in [0.15, 0.2) is 18.2 Å². The summed E-state index contributed by atoms with van der Waals surface area (Å²) < 4.78 is 6.75. The van der Waals surface area contributed by atoms with Crippen molar-refractivity contribution in [3.63, 3.8) is 0 Å². The van der Waals surface area contributed by atoms with E-state index in [-0.39, 0.29) is 23.8 Å². The summed E-state index contributed by atoms with van der Waals surface area (Å²) in [6.45, 7) is 2.73. The van der Waals surface area contributed by atoms with E-state index >= 15 is 0 Å². The largest absolute Gasteiger partial charge is 0.454 e. The SMILES string of the molecule is O=C(C[N+]12CCC(CC1)[C@@H](OC(=O)C(O)(c1cccs1)C1CCCCC1)C2)Nc1cncnc1. The molecule has 1 unspecified atom stereocenters. The maximum atomic E-state index is 13.6. The van der Waals surface area contributed by atoms with Gasteiger partial charge in [-0.15, -0.1) is 11.3 Å². The number of carbonyl (C=O) groups excluding carboxylic acids is 2. The van der Waals surface area contributed by atoms with Crippen LogP contribution >= 0.6 is 11.3 Å². The van der Waals surface area contributed by atoms with E-state index in [0.29, 0.717) is 28.1 Å². The molecule has 2 aromatic rings. The first-order valence-corrected chi connectivity index (χ1v) is 13.2. The molecule has 2 bridgehead atoms. The van der Waals surface area contributed by atoms with Crippen molar-refractivity contribution in [2.24, 2.45) is 11.8 Å². The monoisotopic (exact) mass is 485 g/mol. The van der Waals surface area contributed by atoms with Gasteiger partial charge in [0.05, 0.1) is 31.2 Å². The van der Waals surface area contributed by atoms with Gasteiger partial charge in [0.25, 0.3) is 5.91 Å². The third-order valence-electron chi connectivity index (χ3n) is 8.03. The van der Waals surface area contributed by atoms with E-state index in [1.165, 1.54) is 17.7 Å². The lowest BCUT2D eigenvalue weighted by Gasteiger charge is -2.52. The second-order valence-corrected chi connectivity index (χ2v) is 11.1. The minimum atomic E-state index is -1.59. The Morgan fingerprint density at radius 3 is 2.56 bits per heavy atom. The number of carbonyl (C=O) groups is 2. The van der Waals surface area contributed by atoms with Crippen molar-refractivity contribution in [1.82, 2.24) is 9.97 Å². The van der Waals surface area contributed by atoms with Crippen molar-refractivity contribution in [2.45, 2.75) is 56.7 Å². The number of thiophene rings is 1. The van der Waals surface area contributed by atoms with Crippen LogP contribution in [0.2, 0.25) is 0 Å². The number of fused-ring (bicyclic) bond motifs is 3. The van der Waals surface area contributed by atoms with Crippen molar-refractivity contribution >= 4 is 28.9 Å². The molecule has 5 heterocycles. The van der Waals surface area contributed by atoms with E-state index in [9.17, 15) is 14.7 Å². The number of aromatic nitrogens is 2. The topological polar surface area (TPSA) is 101 Å². The van der Waals surface area contributed by atoms with Crippen molar-refractivity contribution < 1.29 is 23.9 Å². The molecule has 9 heteroatoms. The Balaban J connectivity index is 1.29. The summed E-state index contributed by atoms with van der Waals surface area (Å²) in [5, 5.41) is 16.6. The molecule has 1 saturated carbocycles. The highest BCUT2D eigenvalue weighted by Gasteiger charge is 2.53.